The van der Waals surface area contributed by atoms with E-state index in [1.54, 1.807) is 27.0 Å². The summed E-state index contributed by atoms with van der Waals surface area (Å²) >= 11 is 1.28. The molecule has 0 bridgehead atoms. The normalized spacial score (nSPS) is 14.9. The Bertz CT molecular complexity index is 1710. The zero-order valence-electron chi connectivity index (χ0n) is 21.9. The molecular weight excluding hydrogens is 512 g/mol. The molecule has 1 aliphatic heterocycles. The lowest BCUT2D eigenvalue weighted by molar-refractivity contribution is -0.138. The number of hydrogen-bond donors (Lipinski definition) is 0. The van der Waals surface area contributed by atoms with E-state index in [1.165, 1.54) is 15.9 Å². The number of thiazole rings is 1. The number of benzene rings is 3. The van der Waals surface area contributed by atoms with E-state index in [2.05, 4.69) is 0 Å². The average Bonchev–Trinajstić information content (AvgIpc) is 3.28. The minimum Gasteiger partial charge on any atom is -0.493 e. The molecule has 0 unspecified atom stereocenters. The number of nitrogens with zero attached hydrogens (tertiary/aromatic N) is 2. The van der Waals surface area contributed by atoms with Crippen LogP contribution in [0.1, 0.15) is 36.6 Å². The first-order valence-corrected chi connectivity index (χ1v) is 13.4. The number of carbonyl (C=O) groups excluding carboxylic acids is 1. The topological polar surface area (TPSA) is 79.1 Å². The van der Waals surface area contributed by atoms with Crippen molar-refractivity contribution in [3.63, 3.8) is 0 Å². The van der Waals surface area contributed by atoms with Crippen molar-refractivity contribution in [2.75, 3.05) is 13.7 Å². The van der Waals surface area contributed by atoms with Gasteiger partial charge in [-0.15, -0.1) is 0 Å². The van der Waals surface area contributed by atoms with Crippen LogP contribution in [-0.4, -0.2) is 24.3 Å². The fourth-order valence-corrected chi connectivity index (χ4v) is 5.51. The van der Waals surface area contributed by atoms with Gasteiger partial charge in [0, 0.05) is 5.70 Å². The first kappa shape index (κ1) is 26.2. The number of hydrogen-bond acceptors (Lipinski definition) is 7. The highest BCUT2D eigenvalue weighted by molar-refractivity contribution is 7.07. The first-order valence-electron chi connectivity index (χ1n) is 12.6. The number of esters is 1. The third-order valence-electron chi connectivity index (χ3n) is 6.38. The predicted octanol–water partition coefficient (Wildman–Crippen LogP) is 4.49. The molecule has 0 fully saturated rings. The molecule has 198 valence electrons. The van der Waals surface area contributed by atoms with Crippen LogP contribution in [0.3, 0.4) is 0 Å². The molecule has 2 heterocycles. The Balaban J connectivity index is 1.54. The van der Waals surface area contributed by atoms with E-state index in [0.717, 1.165) is 16.7 Å². The van der Waals surface area contributed by atoms with Gasteiger partial charge in [-0.05, 0) is 48.7 Å². The summed E-state index contributed by atoms with van der Waals surface area (Å²) in [6.07, 6.45) is 1.80. The Morgan fingerprint density at radius 2 is 1.74 bits per heavy atom. The second-order valence-electron chi connectivity index (χ2n) is 8.88. The highest BCUT2D eigenvalue weighted by Crippen LogP contribution is 2.32. The van der Waals surface area contributed by atoms with Crippen LogP contribution in [0.25, 0.3) is 11.8 Å². The van der Waals surface area contributed by atoms with Gasteiger partial charge in [-0.1, -0.05) is 78.1 Å². The second kappa shape index (κ2) is 11.5. The molecule has 0 spiro atoms. The van der Waals surface area contributed by atoms with Gasteiger partial charge in [0.25, 0.3) is 5.56 Å². The quantitative estimate of drug-likeness (QED) is 0.308. The van der Waals surface area contributed by atoms with Crippen LogP contribution < -0.4 is 24.4 Å². The molecule has 0 N–H and O–H groups in total. The van der Waals surface area contributed by atoms with Crippen molar-refractivity contribution in [3.8, 4) is 11.5 Å². The summed E-state index contributed by atoms with van der Waals surface area (Å²) in [6, 6.07) is 24.4. The van der Waals surface area contributed by atoms with Crippen molar-refractivity contribution in [2.45, 2.75) is 26.5 Å². The monoisotopic (exact) mass is 540 g/mol. The molecule has 0 radical (unpaired) electrons. The first-order chi connectivity index (χ1) is 19.0. The maximum Gasteiger partial charge on any atom is 0.338 e. The number of aromatic nitrogens is 1. The third kappa shape index (κ3) is 5.42. The van der Waals surface area contributed by atoms with Gasteiger partial charge in [-0.2, -0.15) is 0 Å². The lowest BCUT2D eigenvalue weighted by Gasteiger charge is -2.22. The number of fused-ring (bicyclic) bond motifs is 1. The van der Waals surface area contributed by atoms with Crippen LogP contribution in [0.5, 0.6) is 11.5 Å². The number of carbonyl (C=O) groups is 1. The van der Waals surface area contributed by atoms with Gasteiger partial charge in [-0.3, -0.25) is 9.36 Å². The molecule has 1 atom stereocenters. The standard InChI is InChI=1S/C31H28N2O5S/c1-4-37-30(35)27-20(2)33-29(34)26(39-31(33)32-28(27)23-13-9-6-10-14-23)18-22-15-16-24(25(17-22)36-3)38-19-21-11-7-5-8-12-21/h5-18,28H,4,19H2,1-3H3/b26-18-/t28-/m0/s1. The van der Waals surface area contributed by atoms with Crippen LogP contribution in [0, 0.1) is 0 Å². The van der Waals surface area contributed by atoms with Crippen LogP contribution in [0.2, 0.25) is 0 Å². The molecule has 5 rings (SSSR count). The predicted molar refractivity (Wildman–Crippen MR) is 151 cm³/mol. The molecule has 4 aromatic rings. The zero-order chi connectivity index (χ0) is 27.4. The molecular formula is C31H28N2O5S. The average molecular weight is 541 g/mol. The van der Waals surface area contributed by atoms with Crippen LogP contribution in [-0.2, 0) is 16.1 Å². The van der Waals surface area contributed by atoms with E-state index in [-0.39, 0.29) is 12.2 Å². The summed E-state index contributed by atoms with van der Waals surface area (Å²) in [4.78, 5) is 31.9. The van der Waals surface area contributed by atoms with Crippen LogP contribution in [0.15, 0.2) is 94.2 Å². The highest BCUT2D eigenvalue weighted by Gasteiger charge is 2.31. The van der Waals surface area contributed by atoms with Crippen molar-refractivity contribution in [1.29, 1.82) is 0 Å². The van der Waals surface area contributed by atoms with Crippen molar-refractivity contribution in [3.05, 3.63) is 121 Å². The number of methoxy groups -OCH3 is 1. The van der Waals surface area contributed by atoms with Crippen molar-refractivity contribution < 1.29 is 19.0 Å². The maximum absolute atomic E-state index is 13.5. The fourth-order valence-electron chi connectivity index (χ4n) is 4.47. The molecule has 0 aliphatic carbocycles. The second-order valence-corrected chi connectivity index (χ2v) is 9.89. The minimum absolute atomic E-state index is 0.231. The van der Waals surface area contributed by atoms with Gasteiger partial charge in [0.2, 0.25) is 0 Å². The molecule has 0 saturated heterocycles. The summed E-state index contributed by atoms with van der Waals surface area (Å²) in [7, 11) is 1.58. The molecule has 1 aromatic heterocycles. The van der Waals surface area contributed by atoms with E-state index >= 15 is 0 Å². The third-order valence-corrected chi connectivity index (χ3v) is 7.36. The summed E-state index contributed by atoms with van der Waals surface area (Å²) in [5.41, 5.74) is 3.33. The molecule has 1 aliphatic rings. The highest BCUT2D eigenvalue weighted by atomic mass is 32.1. The largest absolute Gasteiger partial charge is 0.493 e. The Labute approximate surface area is 229 Å². The van der Waals surface area contributed by atoms with Gasteiger partial charge in [0.15, 0.2) is 16.3 Å². The van der Waals surface area contributed by atoms with Crippen molar-refractivity contribution in [1.82, 2.24) is 4.57 Å². The van der Waals surface area contributed by atoms with Crippen molar-refractivity contribution in [2.24, 2.45) is 4.99 Å². The van der Waals surface area contributed by atoms with Crippen molar-refractivity contribution >= 4 is 29.1 Å². The summed E-state index contributed by atoms with van der Waals surface area (Å²) in [5.74, 6) is 0.701. The van der Waals surface area contributed by atoms with E-state index in [0.29, 0.717) is 38.7 Å². The summed E-state index contributed by atoms with van der Waals surface area (Å²) in [6.45, 7) is 4.17. The minimum atomic E-state index is -0.558. The lowest BCUT2D eigenvalue weighted by atomic mass is 9.97. The molecule has 3 aromatic carbocycles. The SMILES string of the molecule is CCOC(=O)C1=C(C)n2c(s/c(=C\c3ccc(OCc4ccccc4)c(OC)c3)c2=O)=N[C@H]1c1ccccc1. The molecule has 39 heavy (non-hydrogen) atoms. The number of allylic oxidation sites excluding steroid dienone is 1. The Morgan fingerprint density at radius 1 is 1.03 bits per heavy atom. The number of ether oxygens (including phenoxy) is 3. The molecule has 7 nitrogen and oxygen atoms in total. The Kier molecular flexibility index (Phi) is 7.74. The Hall–Kier alpha value is -4.43. The lowest BCUT2D eigenvalue weighted by Crippen LogP contribution is -2.35. The smallest absolute Gasteiger partial charge is 0.338 e. The Morgan fingerprint density at radius 3 is 2.44 bits per heavy atom. The van der Waals surface area contributed by atoms with E-state index in [1.807, 2.05) is 78.9 Å². The molecule has 0 amide bonds. The van der Waals surface area contributed by atoms with Gasteiger partial charge in [0.1, 0.15) is 12.6 Å². The van der Waals surface area contributed by atoms with Crippen LogP contribution in [0.4, 0.5) is 0 Å². The summed E-state index contributed by atoms with van der Waals surface area (Å²) < 4.78 is 18.9. The molecule has 0 saturated carbocycles. The van der Waals surface area contributed by atoms with E-state index < -0.39 is 12.0 Å². The van der Waals surface area contributed by atoms with E-state index in [9.17, 15) is 9.59 Å². The fraction of sp³-hybridized carbons (Fsp3) is 0.194. The zero-order valence-corrected chi connectivity index (χ0v) is 22.7. The molecule has 8 heteroatoms. The van der Waals surface area contributed by atoms with Gasteiger partial charge in [-0.25, -0.2) is 9.79 Å². The van der Waals surface area contributed by atoms with Gasteiger partial charge in [0.05, 0.1) is 23.8 Å². The summed E-state index contributed by atoms with van der Waals surface area (Å²) in [5, 5.41) is 0. The van der Waals surface area contributed by atoms with Gasteiger partial charge >= 0.3 is 5.97 Å². The maximum atomic E-state index is 13.5. The van der Waals surface area contributed by atoms with Crippen LogP contribution >= 0.6 is 11.3 Å². The number of rotatable bonds is 8. The van der Waals surface area contributed by atoms with E-state index in [4.69, 9.17) is 19.2 Å². The van der Waals surface area contributed by atoms with Gasteiger partial charge < -0.3 is 14.2 Å².